The van der Waals surface area contributed by atoms with Gasteiger partial charge in [-0.1, -0.05) is 78.1 Å². The first-order chi connectivity index (χ1) is 15.7. The van der Waals surface area contributed by atoms with E-state index in [9.17, 15) is 5.26 Å². The van der Waals surface area contributed by atoms with E-state index in [-0.39, 0.29) is 0 Å². The summed E-state index contributed by atoms with van der Waals surface area (Å²) in [6.45, 7) is 4.54. The molecule has 2 aliphatic carbocycles. The molecule has 3 rings (SSSR count). The molecular weight excluding hydrogens is 390 g/mol. The molecule has 1 unspecified atom stereocenters. The molecule has 0 N–H and O–H groups in total. The van der Waals surface area contributed by atoms with E-state index in [4.69, 9.17) is 0 Å². The molecule has 0 spiro atoms. The van der Waals surface area contributed by atoms with Crippen LogP contribution in [0.25, 0.3) is 0 Å². The van der Waals surface area contributed by atoms with Crippen LogP contribution < -0.4 is 0 Å². The first-order valence-corrected chi connectivity index (χ1v) is 13.9. The number of aryl methyl sites for hydroxylation is 2. The van der Waals surface area contributed by atoms with Crippen molar-refractivity contribution in [3.8, 4) is 6.07 Å². The van der Waals surface area contributed by atoms with Crippen LogP contribution in [0.1, 0.15) is 122 Å². The molecule has 0 aromatic carbocycles. The molecule has 2 aliphatic rings. The number of hydrogen-bond donors (Lipinski definition) is 0. The van der Waals surface area contributed by atoms with Gasteiger partial charge in [0.1, 0.15) is 0 Å². The third kappa shape index (κ3) is 8.17. The Labute approximate surface area is 197 Å². The van der Waals surface area contributed by atoms with E-state index < -0.39 is 0 Å². The summed E-state index contributed by atoms with van der Waals surface area (Å²) < 4.78 is 0. The van der Waals surface area contributed by atoms with Gasteiger partial charge in [0.15, 0.2) is 0 Å². The molecule has 3 nitrogen and oxygen atoms in total. The summed E-state index contributed by atoms with van der Waals surface area (Å²) in [5.74, 6) is 3.54. The number of rotatable bonds is 12. The average molecular weight is 438 g/mol. The van der Waals surface area contributed by atoms with Crippen LogP contribution in [-0.2, 0) is 12.8 Å². The summed E-state index contributed by atoms with van der Waals surface area (Å²) in [5, 5.41) is 18.8. The number of aromatic nitrogens is 2. The van der Waals surface area contributed by atoms with Crippen LogP contribution in [0.3, 0.4) is 0 Å². The Morgan fingerprint density at radius 2 is 1.38 bits per heavy atom. The molecule has 3 heteroatoms. The first kappa shape index (κ1) is 25.2. The third-order valence-corrected chi connectivity index (χ3v) is 8.50. The van der Waals surface area contributed by atoms with Crippen molar-refractivity contribution in [1.29, 1.82) is 5.26 Å². The molecule has 1 atom stereocenters. The molecule has 0 radical (unpaired) electrons. The molecule has 1 aromatic rings. The number of nitriles is 1. The molecule has 0 bridgehead atoms. The second kappa shape index (κ2) is 14.0. The summed E-state index contributed by atoms with van der Waals surface area (Å²) in [7, 11) is 0. The van der Waals surface area contributed by atoms with Crippen LogP contribution in [0.5, 0.6) is 0 Å². The van der Waals surface area contributed by atoms with Gasteiger partial charge in [-0.3, -0.25) is 0 Å². The van der Waals surface area contributed by atoms with Crippen molar-refractivity contribution in [3.63, 3.8) is 0 Å². The third-order valence-electron chi connectivity index (χ3n) is 8.50. The Balaban J connectivity index is 1.33. The van der Waals surface area contributed by atoms with Gasteiger partial charge in [0, 0.05) is 5.92 Å². The number of unbranched alkanes of at least 4 members (excludes halogenated alkanes) is 2. The molecule has 2 fully saturated rings. The molecular formula is C29H47N3. The summed E-state index contributed by atoms with van der Waals surface area (Å²) >= 11 is 0. The van der Waals surface area contributed by atoms with Gasteiger partial charge in [-0.25, -0.2) is 0 Å². The second-order valence-electron chi connectivity index (χ2n) is 10.9. The van der Waals surface area contributed by atoms with Crippen LogP contribution in [0.2, 0.25) is 0 Å². The van der Waals surface area contributed by atoms with Gasteiger partial charge < -0.3 is 0 Å². The van der Waals surface area contributed by atoms with Crippen molar-refractivity contribution in [2.24, 2.45) is 29.6 Å². The molecule has 32 heavy (non-hydrogen) atoms. The number of hydrogen-bond acceptors (Lipinski definition) is 3. The quantitative estimate of drug-likeness (QED) is 0.310. The lowest BCUT2D eigenvalue weighted by Crippen LogP contribution is -2.24. The Hall–Kier alpha value is -1.43. The van der Waals surface area contributed by atoms with E-state index >= 15 is 0 Å². The molecule has 0 saturated heterocycles. The smallest absolute Gasteiger partial charge is 0.0658 e. The van der Waals surface area contributed by atoms with E-state index in [1.54, 1.807) is 0 Å². The van der Waals surface area contributed by atoms with Gasteiger partial charge in [0.25, 0.3) is 0 Å². The van der Waals surface area contributed by atoms with Gasteiger partial charge in [-0.05, 0) is 80.8 Å². The molecule has 1 aromatic heterocycles. The van der Waals surface area contributed by atoms with Crippen molar-refractivity contribution in [2.45, 2.75) is 123 Å². The monoisotopic (exact) mass is 437 g/mol. The standard InChI is InChI=1S/C29H47N3/c1-3-5-6-8-28-19-20-29(32-31-28)18-15-24-9-11-25(12-10-24)21-27(22-30)26-16-13-23(7-4-2)14-17-26/h19-20,23-27H,3-18,21H2,1-2H3/t23-,24-,25-,26-,27?. The van der Waals surface area contributed by atoms with Crippen LogP contribution in [0.4, 0.5) is 0 Å². The Bertz CT molecular complexity index is 661. The average Bonchev–Trinajstić information content (AvgIpc) is 2.84. The fourth-order valence-corrected chi connectivity index (χ4v) is 6.32. The molecule has 178 valence electrons. The van der Waals surface area contributed by atoms with Gasteiger partial charge in [0.05, 0.1) is 17.5 Å². The van der Waals surface area contributed by atoms with Crippen LogP contribution >= 0.6 is 0 Å². The minimum Gasteiger partial charge on any atom is -0.198 e. The normalized spacial score (nSPS) is 27.0. The zero-order valence-corrected chi connectivity index (χ0v) is 20.9. The van der Waals surface area contributed by atoms with Gasteiger partial charge in [-0.15, -0.1) is 0 Å². The van der Waals surface area contributed by atoms with Gasteiger partial charge >= 0.3 is 0 Å². The maximum Gasteiger partial charge on any atom is 0.0658 e. The zero-order valence-electron chi connectivity index (χ0n) is 20.9. The predicted octanol–water partition coefficient (Wildman–Crippen LogP) is 8.08. The predicted molar refractivity (Wildman–Crippen MR) is 133 cm³/mol. The highest BCUT2D eigenvalue weighted by Gasteiger charge is 2.30. The van der Waals surface area contributed by atoms with Crippen LogP contribution in [0.15, 0.2) is 12.1 Å². The summed E-state index contributed by atoms with van der Waals surface area (Å²) in [4.78, 5) is 0. The summed E-state index contributed by atoms with van der Waals surface area (Å²) in [5.41, 5.74) is 2.31. The molecule has 0 amide bonds. The minimum atomic E-state index is 0.310. The van der Waals surface area contributed by atoms with E-state index in [0.717, 1.165) is 48.4 Å². The highest BCUT2D eigenvalue weighted by atomic mass is 15.1. The SMILES string of the molecule is CCCCCc1ccc(CC[C@H]2CC[C@H](CC(C#N)[C@H]3CC[C@H](CCC)CC3)CC2)nn1. The Morgan fingerprint density at radius 3 is 1.97 bits per heavy atom. The summed E-state index contributed by atoms with van der Waals surface area (Å²) in [6, 6.07) is 7.12. The minimum absolute atomic E-state index is 0.310. The fourth-order valence-electron chi connectivity index (χ4n) is 6.32. The second-order valence-corrected chi connectivity index (χ2v) is 10.9. The van der Waals surface area contributed by atoms with Crippen molar-refractivity contribution in [2.75, 3.05) is 0 Å². The van der Waals surface area contributed by atoms with Crippen molar-refractivity contribution in [1.82, 2.24) is 10.2 Å². The number of nitrogens with zero attached hydrogens (tertiary/aromatic N) is 3. The van der Waals surface area contributed by atoms with E-state index in [2.05, 4.69) is 42.2 Å². The van der Waals surface area contributed by atoms with Crippen LogP contribution in [0, 0.1) is 40.9 Å². The van der Waals surface area contributed by atoms with E-state index in [0.29, 0.717) is 11.8 Å². The van der Waals surface area contributed by atoms with Crippen molar-refractivity contribution < 1.29 is 0 Å². The Morgan fingerprint density at radius 1 is 0.781 bits per heavy atom. The van der Waals surface area contributed by atoms with Gasteiger partial charge in [-0.2, -0.15) is 15.5 Å². The van der Waals surface area contributed by atoms with Crippen LogP contribution in [-0.4, -0.2) is 10.2 Å². The summed E-state index contributed by atoms with van der Waals surface area (Å²) in [6.07, 6.45) is 21.7. The fraction of sp³-hybridized carbons (Fsp3) is 0.828. The maximum atomic E-state index is 9.86. The molecule has 2 saturated carbocycles. The van der Waals surface area contributed by atoms with Gasteiger partial charge in [0.2, 0.25) is 0 Å². The van der Waals surface area contributed by atoms with Crippen molar-refractivity contribution in [3.05, 3.63) is 23.5 Å². The lowest BCUT2D eigenvalue weighted by atomic mass is 9.70. The lowest BCUT2D eigenvalue weighted by Gasteiger charge is -2.34. The van der Waals surface area contributed by atoms with E-state index in [1.807, 2.05) is 0 Å². The topological polar surface area (TPSA) is 49.6 Å². The highest BCUT2D eigenvalue weighted by Crippen LogP contribution is 2.41. The highest BCUT2D eigenvalue weighted by molar-refractivity contribution is 5.07. The Kier molecular flexibility index (Phi) is 11.0. The largest absolute Gasteiger partial charge is 0.198 e. The zero-order chi connectivity index (χ0) is 22.6. The maximum absolute atomic E-state index is 9.86. The molecule has 0 aliphatic heterocycles. The first-order valence-electron chi connectivity index (χ1n) is 13.9. The van der Waals surface area contributed by atoms with Crippen molar-refractivity contribution >= 4 is 0 Å². The lowest BCUT2D eigenvalue weighted by molar-refractivity contribution is 0.178. The van der Waals surface area contributed by atoms with E-state index in [1.165, 1.54) is 89.9 Å². The molecule has 1 heterocycles.